The quantitative estimate of drug-likeness (QED) is 0.822. The maximum absolute atomic E-state index is 12.6. The van der Waals surface area contributed by atoms with E-state index in [9.17, 15) is 13.2 Å². The van der Waals surface area contributed by atoms with Crippen molar-refractivity contribution in [2.24, 2.45) is 5.73 Å². The van der Waals surface area contributed by atoms with Gasteiger partial charge in [-0.15, -0.1) is 12.4 Å². The molecule has 1 atom stereocenters. The Hall–Kier alpha value is -0.860. The largest absolute Gasteiger partial charge is 0.339 e. The molecule has 24 heavy (non-hydrogen) atoms. The van der Waals surface area contributed by atoms with Gasteiger partial charge in [-0.2, -0.15) is 4.31 Å². The number of sulfonamides is 1. The molecule has 0 aromatic heterocycles. The van der Waals surface area contributed by atoms with Crippen LogP contribution in [0.5, 0.6) is 0 Å². The van der Waals surface area contributed by atoms with Crippen LogP contribution in [0.25, 0.3) is 0 Å². The molecule has 0 aliphatic carbocycles. The van der Waals surface area contributed by atoms with Gasteiger partial charge < -0.3 is 10.6 Å². The first-order chi connectivity index (χ1) is 10.9. The highest BCUT2D eigenvalue weighted by molar-refractivity contribution is 7.89. The number of nitrogens with zero attached hydrogens (tertiary/aromatic N) is 2. The Labute approximate surface area is 154 Å². The molecule has 1 unspecified atom stereocenters. The van der Waals surface area contributed by atoms with Crippen molar-refractivity contribution in [3.05, 3.63) is 29.3 Å². The molecule has 1 aromatic rings. The lowest BCUT2D eigenvalue weighted by Gasteiger charge is -2.35. The molecule has 1 saturated heterocycles. The number of hydrogen-bond donors (Lipinski definition) is 1. The average molecular weight is 396 g/mol. The van der Waals surface area contributed by atoms with E-state index in [0.717, 1.165) is 6.42 Å². The Kier molecular flexibility index (Phi) is 7.95. The second kappa shape index (κ2) is 9.01. The van der Waals surface area contributed by atoms with Crippen molar-refractivity contribution in [1.29, 1.82) is 0 Å². The van der Waals surface area contributed by atoms with Crippen molar-refractivity contribution in [3.8, 4) is 0 Å². The minimum absolute atomic E-state index is 0. The molecule has 1 aliphatic rings. The van der Waals surface area contributed by atoms with Gasteiger partial charge in [0.2, 0.25) is 15.9 Å². The first-order valence-corrected chi connectivity index (χ1v) is 9.48. The van der Waals surface area contributed by atoms with Crippen LogP contribution in [0.15, 0.2) is 29.2 Å². The van der Waals surface area contributed by atoms with Gasteiger partial charge in [-0.3, -0.25) is 4.79 Å². The van der Waals surface area contributed by atoms with Crippen molar-refractivity contribution in [2.45, 2.75) is 30.7 Å². The third-order valence-corrected chi connectivity index (χ3v) is 6.08. The Balaban J connectivity index is 0.00000288. The number of rotatable bonds is 5. The molecule has 1 amide bonds. The summed E-state index contributed by atoms with van der Waals surface area (Å²) in [4.78, 5) is 14.0. The molecule has 136 valence electrons. The second-order valence-corrected chi connectivity index (χ2v) is 7.95. The highest BCUT2D eigenvalue weighted by Gasteiger charge is 2.31. The summed E-state index contributed by atoms with van der Waals surface area (Å²) < 4.78 is 26.5. The Bertz CT molecular complexity index is 644. The molecule has 1 heterocycles. The van der Waals surface area contributed by atoms with Crippen molar-refractivity contribution in [3.63, 3.8) is 0 Å². The number of halogens is 2. The maximum Gasteiger partial charge on any atom is 0.243 e. The Morgan fingerprint density at radius 3 is 2.25 bits per heavy atom. The molecule has 0 spiro atoms. The fraction of sp³-hybridized carbons (Fsp3) is 0.533. The zero-order valence-electron chi connectivity index (χ0n) is 13.5. The van der Waals surface area contributed by atoms with Crippen LogP contribution in [-0.4, -0.2) is 55.8 Å². The Morgan fingerprint density at radius 1 is 1.21 bits per heavy atom. The van der Waals surface area contributed by atoms with E-state index in [1.807, 2.05) is 6.92 Å². The van der Waals surface area contributed by atoms with Gasteiger partial charge >= 0.3 is 0 Å². The van der Waals surface area contributed by atoms with Crippen molar-refractivity contribution >= 4 is 39.9 Å². The van der Waals surface area contributed by atoms with E-state index >= 15 is 0 Å². The molecule has 6 nitrogen and oxygen atoms in total. The van der Waals surface area contributed by atoms with Crippen LogP contribution in [0.4, 0.5) is 0 Å². The van der Waals surface area contributed by atoms with Gasteiger partial charge in [0, 0.05) is 31.2 Å². The monoisotopic (exact) mass is 395 g/mol. The van der Waals surface area contributed by atoms with E-state index in [4.69, 9.17) is 17.3 Å². The molecule has 2 rings (SSSR count). The maximum atomic E-state index is 12.6. The summed E-state index contributed by atoms with van der Waals surface area (Å²) in [6.45, 7) is 3.25. The van der Waals surface area contributed by atoms with Crippen LogP contribution in [-0.2, 0) is 14.8 Å². The molecular weight excluding hydrogens is 373 g/mol. The van der Waals surface area contributed by atoms with E-state index in [1.54, 1.807) is 17.0 Å². The SMILES string of the molecule is CCCC(N)C(=O)N1CCN(S(=O)(=O)c2ccc(Cl)cc2)CC1.Cl. The second-order valence-electron chi connectivity index (χ2n) is 5.58. The van der Waals surface area contributed by atoms with E-state index in [-0.39, 0.29) is 36.3 Å². The zero-order chi connectivity index (χ0) is 17.0. The lowest BCUT2D eigenvalue weighted by atomic mass is 10.1. The van der Waals surface area contributed by atoms with E-state index in [0.29, 0.717) is 24.5 Å². The van der Waals surface area contributed by atoms with Crippen LogP contribution in [0.1, 0.15) is 19.8 Å². The molecule has 1 aliphatic heterocycles. The third kappa shape index (κ3) is 4.83. The van der Waals surface area contributed by atoms with Crippen molar-refractivity contribution in [1.82, 2.24) is 9.21 Å². The fourth-order valence-electron chi connectivity index (χ4n) is 2.57. The van der Waals surface area contributed by atoms with Gasteiger partial charge in [0.1, 0.15) is 0 Å². The first kappa shape index (κ1) is 21.2. The van der Waals surface area contributed by atoms with Crippen LogP contribution in [0.3, 0.4) is 0 Å². The van der Waals surface area contributed by atoms with E-state index in [2.05, 4.69) is 0 Å². The number of carbonyl (C=O) groups is 1. The van der Waals surface area contributed by atoms with Gasteiger partial charge in [0.25, 0.3) is 0 Å². The number of amides is 1. The minimum Gasteiger partial charge on any atom is -0.339 e. The summed E-state index contributed by atoms with van der Waals surface area (Å²) in [6.07, 6.45) is 1.49. The number of hydrogen-bond acceptors (Lipinski definition) is 4. The summed E-state index contributed by atoms with van der Waals surface area (Å²) in [5.74, 6) is -0.101. The standard InChI is InChI=1S/C15H22ClN3O3S.ClH/c1-2-3-14(17)15(20)18-8-10-19(11-9-18)23(21,22)13-6-4-12(16)5-7-13;/h4-7,14H,2-3,8-11,17H2,1H3;1H. The molecule has 0 bridgehead atoms. The van der Waals surface area contributed by atoms with Gasteiger partial charge in [-0.25, -0.2) is 8.42 Å². The average Bonchev–Trinajstić information content (AvgIpc) is 2.55. The van der Waals surface area contributed by atoms with Gasteiger partial charge in [-0.05, 0) is 30.7 Å². The number of nitrogens with two attached hydrogens (primary N) is 1. The molecule has 2 N–H and O–H groups in total. The highest BCUT2D eigenvalue weighted by Crippen LogP contribution is 2.20. The van der Waals surface area contributed by atoms with Gasteiger partial charge in [0.15, 0.2) is 0 Å². The number of carbonyl (C=O) groups excluding carboxylic acids is 1. The van der Waals surface area contributed by atoms with Crippen LogP contribution < -0.4 is 5.73 Å². The van der Waals surface area contributed by atoms with Crippen molar-refractivity contribution < 1.29 is 13.2 Å². The van der Waals surface area contributed by atoms with Crippen LogP contribution >= 0.6 is 24.0 Å². The van der Waals surface area contributed by atoms with Gasteiger partial charge in [-0.1, -0.05) is 24.9 Å². The summed E-state index contributed by atoms with van der Waals surface area (Å²) in [6, 6.07) is 5.59. The molecule has 0 radical (unpaired) electrons. The van der Waals surface area contributed by atoms with Crippen LogP contribution in [0, 0.1) is 0 Å². The smallest absolute Gasteiger partial charge is 0.243 e. The molecule has 0 saturated carbocycles. The lowest BCUT2D eigenvalue weighted by molar-refractivity contribution is -0.133. The highest BCUT2D eigenvalue weighted by atomic mass is 35.5. The predicted molar refractivity (Wildman–Crippen MR) is 96.9 cm³/mol. The summed E-state index contributed by atoms with van der Waals surface area (Å²) in [5.41, 5.74) is 5.85. The first-order valence-electron chi connectivity index (χ1n) is 7.66. The summed E-state index contributed by atoms with van der Waals surface area (Å²) in [7, 11) is -3.55. The molecule has 9 heteroatoms. The molecule has 1 fully saturated rings. The normalized spacial score (nSPS) is 17.2. The Morgan fingerprint density at radius 2 is 1.75 bits per heavy atom. The minimum atomic E-state index is -3.55. The third-order valence-electron chi connectivity index (χ3n) is 3.92. The predicted octanol–water partition coefficient (Wildman–Crippen LogP) is 1.72. The van der Waals surface area contributed by atoms with E-state index < -0.39 is 16.1 Å². The summed E-state index contributed by atoms with van der Waals surface area (Å²) in [5, 5.41) is 0.490. The van der Waals surface area contributed by atoms with Gasteiger partial charge in [0.05, 0.1) is 10.9 Å². The topological polar surface area (TPSA) is 83.7 Å². The number of piperazine rings is 1. The fourth-order valence-corrected chi connectivity index (χ4v) is 4.12. The molecular formula is C15H23Cl2N3O3S. The zero-order valence-corrected chi connectivity index (χ0v) is 15.9. The molecule has 1 aromatic carbocycles. The van der Waals surface area contributed by atoms with Crippen LogP contribution in [0.2, 0.25) is 5.02 Å². The summed E-state index contributed by atoms with van der Waals surface area (Å²) >= 11 is 5.79. The van der Waals surface area contributed by atoms with E-state index in [1.165, 1.54) is 16.4 Å². The lowest BCUT2D eigenvalue weighted by Crippen LogP contribution is -2.54. The number of benzene rings is 1. The van der Waals surface area contributed by atoms with Crippen molar-refractivity contribution in [2.75, 3.05) is 26.2 Å².